The number of hydrogen-bond acceptors (Lipinski definition) is 3. The summed E-state index contributed by atoms with van der Waals surface area (Å²) in [6, 6.07) is 22.4. The summed E-state index contributed by atoms with van der Waals surface area (Å²) in [5.41, 5.74) is 3.04. The number of benzene rings is 2. The molecule has 5 heteroatoms. The summed E-state index contributed by atoms with van der Waals surface area (Å²) in [4.78, 5) is 27.3. The molecule has 1 saturated heterocycles. The first-order valence-corrected chi connectivity index (χ1v) is 11.4. The van der Waals surface area contributed by atoms with Crippen LogP contribution in [0.5, 0.6) is 0 Å². The van der Waals surface area contributed by atoms with Crippen LogP contribution in [-0.2, 0) is 4.79 Å². The Labute approximate surface area is 181 Å². The second kappa shape index (κ2) is 9.72. The maximum Gasteiger partial charge on any atom is 0.252 e. The van der Waals surface area contributed by atoms with E-state index >= 15 is 0 Å². The minimum absolute atomic E-state index is 0.0192. The Bertz CT molecular complexity index is 910. The van der Waals surface area contributed by atoms with Gasteiger partial charge in [0, 0.05) is 42.4 Å². The van der Waals surface area contributed by atoms with E-state index in [2.05, 4.69) is 29.6 Å². The fourth-order valence-corrected chi connectivity index (χ4v) is 4.67. The molecule has 0 atom stereocenters. The number of likely N-dealkylation sites (tertiary alicyclic amines) is 1. The van der Waals surface area contributed by atoms with Crippen molar-refractivity contribution in [3.8, 4) is 0 Å². The van der Waals surface area contributed by atoms with Crippen LogP contribution in [0.2, 0.25) is 0 Å². The van der Waals surface area contributed by atoms with E-state index in [1.165, 1.54) is 11.3 Å². The smallest absolute Gasteiger partial charge is 0.252 e. The molecule has 2 aromatic carbocycles. The van der Waals surface area contributed by atoms with E-state index in [1.54, 1.807) is 0 Å². The van der Waals surface area contributed by atoms with Gasteiger partial charge in [0.05, 0.1) is 0 Å². The number of amides is 2. The highest BCUT2D eigenvalue weighted by atomic mass is 32.1. The normalized spacial score (nSPS) is 14.6. The number of carbonyl (C=O) groups excluding carboxylic acids is 2. The van der Waals surface area contributed by atoms with Gasteiger partial charge >= 0.3 is 0 Å². The van der Waals surface area contributed by atoms with Crippen LogP contribution in [0.1, 0.15) is 46.7 Å². The molecule has 1 fully saturated rings. The quantitative estimate of drug-likeness (QED) is 0.631. The lowest BCUT2D eigenvalue weighted by atomic mass is 9.88. The summed E-state index contributed by atoms with van der Waals surface area (Å²) in [6.07, 6.45) is 2.05. The average Bonchev–Trinajstić information content (AvgIpc) is 3.34. The molecule has 154 valence electrons. The first-order chi connectivity index (χ1) is 14.7. The summed E-state index contributed by atoms with van der Waals surface area (Å²) in [5, 5.41) is 6.87. The van der Waals surface area contributed by atoms with Crippen molar-refractivity contribution in [2.75, 3.05) is 13.1 Å². The predicted molar refractivity (Wildman–Crippen MR) is 121 cm³/mol. The van der Waals surface area contributed by atoms with Gasteiger partial charge in [-0.2, -0.15) is 11.3 Å². The lowest BCUT2D eigenvalue weighted by Crippen LogP contribution is -2.46. The van der Waals surface area contributed by atoms with Gasteiger partial charge in [-0.05, 0) is 35.4 Å². The number of nitrogens with one attached hydrogen (secondary N) is 1. The van der Waals surface area contributed by atoms with Gasteiger partial charge in [0.2, 0.25) is 5.91 Å². The van der Waals surface area contributed by atoms with Crippen molar-refractivity contribution in [2.24, 2.45) is 0 Å². The Hall–Kier alpha value is -2.92. The van der Waals surface area contributed by atoms with Crippen molar-refractivity contribution in [1.29, 1.82) is 0 Å². The van der Waals surface area contributed by atoms with E-state index in [0.29, 0.717) is 25.1 Å². The Morgan fingerprint density at radius 1 is 0.933 bits per heavy atom. The van der Waals surface area contributed by atoms with Crippen LogP contribution in [0.3, 0.4) is 0 Å². The maximum atomic E-state index is 13.1. The number of nitrogens with zero attached hydrogens (tertiary/aromatic N) is 1. The fraction of sp³-hybridized carbons (Fsp3) is 0.280. The minimum atomic E-state index is -0.0192. The lowest BCUT2D eigenvalue weighted by Gasteiger charge is -2.33. The van der Waals surface area contributed by atoms with Gasteiger partial charge in [-0.3, -0.25) is 9.59 Å². The summed E-state index contributed by atoms with van der Waals surface area (Å²) >= 11 is 1.52. The molecule has 4 nitrogen and oxygen atoms in total. The van der Waals surface area contributed by atoms with Crippen LogP contribution in [0.25, 0.3) is 0 Å². The molecule has 0 saturated carbocycles. The molecule has 1 aliphatic rings. The molecular weight excluding hydrogens is 392 g/mol. The van der Waals surface area contributed by atoms with E-state index in [-0.39, 0.29) is 23.8 Å². The standard InChI is InChI=1S/C25H26N2O2S/c28-24(17-23(19-7-3-1-4-8-19)20-9-5-2-6-10-20)27-14-11-22(12-15-27)26-25(29)21-13-16-30-18-21/h1-10,13,16,18,22-23H,11-12,14-15,17H2,(H,26,29). The molecule has 2 heterocycles. The van der Waals surface area contributed by atoms with E-state index in [1.807, 2.05) is 58.1 Å². The highest BCUT2D eigenvalue weighted by Crippen LogP contribution is 2.29. The van der Waals surface area contributed by atoms with E-state index in [9.17, 15) is 9.59 Å². The molecule has 0 unspecified atom stereocenters. The largest absolute Gasteiger partial charge is 0.349 e. The molecule has 30 heavy (non-hydrogen) atoms. The number of thiophene rings is 1. The molecular formula is C25H26N2O2S. The van der Waals surface area contributed by atoms with Crippen LogP contribution < -0.4 is 5.32 Å². The van der Waals surface area contributed by atoms with Crippen molar-refractivity contribution in [3.63, 3.8) is 0 Å². The zero-order chi connectivity index (χ0) is 20.8. The van der Waals surface area contributed by atoms with Crippen molar-refractivity contribution >= 4 is 23.2 Å². The summed E-state index contributed by atoms with van der Waals surface area (Å²) < 4.78 is 0. The zero-order valence-corrected chi connectivity index (χ0v) is 17.7. The Balaban J connectivity index is 1.36. The third kappa shape index (κ3) is 4.97. The van der Waals surface area contributed by atoms with Crippen molar-refractivity contribution in [3.05, 3.63) is 94.2 Å². The van der Waals surface area contributed by atoms with Crippen LogP contribution in [-0.4, -0.2) is 35.8 Å². The average molecular weight is 419 g/mol. The van der Waals surface area contributed by atoms with Gasteiger partial charge in [-0.1, -0.05) is 60.7 Å². The topological polar surface area (TPSA) is 49.4 Å². The molecule has 3 aromatic rings. The monoisotopic (exact) mass is 418 g/mol. The SMILES string of the molecule is O=C(NC1CCN(C(=O)CC(c2ccccc2)c2ccccc2)CC1)c1ccsc1. The van der Waals surface area contributed by atoms with Gasteiger partial charge in [0.1, 0.15) is 0 Å². The van der Waals surface area contributed by atoms with Gasteiger partial charge < -0.3 is 10.2 Å². The highest BCUT2D eigenvalue weighted by Gasteiger charge is 2.27. The first-order valence-electron chi connectivity index (χ1n) is 10.4. The van der Waals surface area contributed by atoms with Gasteiger partial charge in [-0.25, -0.2) is 0 Å². The fourth-order valence-electron chi connectivity index (χ4n) is 4.04. The van der Waals surface area contributed by atoms with Gasteiger partial charge in [-0.15, -0.1) is 0 Å². The Kier molecular flexibility index (Phi) is 6.60. The molecule has 4 rings (SSSR count). The van der Waals surface area contributed by atoms with Crippen LogP contribution >= 0.6 is 11.3 Å². The van der Waals surface area contributed by atoms with Crippen molar-refractivity contribution in [1.82, 2.24) is 10.2 Å². The molecule has 0 radical (unpaired) electrons. The lowest BCUT2D eigenvalue weighted by molar-refractivity contribution is -0.132. The maximum absolute atomic E-state index is 13.1. The molecule has 0 spiro atoms. The summed E-state index contributed by atoms with van der Waals surface area (Å²) in [5.74, 6) is 0.209. The second-order valence-electron chi connectivity index (χ2n) is 7.72. The predicted octanol–water partition coefficient (Wildman–Crippen LogP) is 4.69. The first kappa shape index (κ1) is 20.4. The number of rotatable bonds is 6. The molecule has 1 aromatic heterocycles. The molecule has 2 amide bonds. The highest BCUT2D eigenvalue weighted by molar-refractivity contribution is 7.08. The number of carbonyl (C=O) groups is 2. The Morgan fingerprint density at radius 2 is 1.53 bits per heavy atom. The summed E-state index contributed by atoms with van der Waals surface area (Å²) in [7, 11) is 0. The van der Waals surface area contributed by atoms with E-state index in [4.69, 9.17) is 0 Å². The zero-order valence-electron chi connectivity index (χ0n) is 16.9. The van der Waals surface area contributed by atoms with Crippen LogP contribution in [0, 0.1) is 0 Å². The third-order valence-electron chi connectivity index (χ3n) is 5.75. The molecule has 0 bridgehead atoms. The Morgan fingerprint density at radius 3 is 2.07 bits per heavy atom. The van der Waals surface area contributed by atoms with Crippen LogP contribution in [0.4, 0.5) is 0 Å². The van der Waals surface area contributed by atoms with Crippen molar-refractivity contribution < 1.29 is 9.59 Å². The third-order valence-corrected chi connectivity index (χ3v) is 6.43. The van der Waals surface area contributed by atoms with Crippen molar-refractivity contribution in [2.45, 2.75) is 31.2 Å². The molecule has 1 aliphatic heterocycles. The number of piperidine rings is 1. The minimum Gasteiger partial charge on any atom is -0.349 e. The molecule has 1 N–H and O–H groups in total. The van der Waals surface area contributed by atoms with E-state index < -0.39 is 0 Å². The van der Waals surface area contributed by atoms with E-state index in [0.717, 1.165) is 24.0 Å². The summed E-state index contributed by atoms with van der Waals surface area (Å²) in [6.45, 7) is 1.37. The van der Waals surface area contributed by atoms with Gasteiger partial charge in [0.25, 0.3) is 5.91 Å². The molecule has 0 aliphatic carbocycles. The van der Waals surface area contributed by atoms with Crippen LogP contribution in [0.15, 0.2) is 77.5 Å². The van der Waals surface area contributed by atoms with Gasteiger partial charge in [0.15, 0.2) is 0 Å². The number of hydrogen-bond donors (Lipinski definition) is 1. The second-order valence-corrected chi connectivity index (χ2v) is 8.50.